The number of anilines is 2. The van der Waals surface area contributed by atoms with E-state index in [2.05, 4.69) is 24.9 Å². The summed E-state index contributed by atoms with van der Waals surface area (Å²) in [4.78, 5) is 27.2. The van der Waals surface area contributed by atoms with E-state index in [-0.39, 0.29) is 5.56 Å². The monoisotopic (exact) mass is 343 g/mol. The van der Waals surface area contributed by atoms with Crippen LogP contribution in [-0.2, 0) is 6.54 Å². The van der Waals surface area contributed by atoms with Gasteiger partial charge in [-0.3, -0.25) is 9.69 Å². The normalized spacial score (nSPS) is 15.4. The van der Waals surface area contributed by atoms with E-state index in [0.717, 1.165) is 50.2 Å². The summed E-state index contributed by atoms with van der Waals surface area (Å²) < 4.78 is 1.55. The molecule has 0 radical (unpaired) electrons. The molecule has 0 aliphatic carbocycles. The van der Waals surface area contributed by atoms with Crippen molar-refractivity contribution in [1.29, 1.82) is 0 Å². The summed E-state index contributed by atoms with van der Waals surface area (Å²) >= 11 is 0. The largest absolute Gasteiger partial charge is 0.354 e. The Morgan fingerprint density at radius 1 is 1.08 bits per heavy atom. The van der Waals surface area contributed by atoms with Gasteiger partial charge in [0.25, 0.3) is 5.56 Å². The van der Waals surface area contributed by atoms with Crippen molar-refractivity contribution in [3.05, 3.63) is 40.4 Å². The fourth-order valence-corrected chi connectivity index (χ4v) is 2.88. The minimum atomic E-state index is -0.0403. The average Bonchev–Trinajstić information content (AvgIpc) is 2.63. The topological polar surface area (TPSA) is 70.4 Å². The van der Waals surface area contributed by atoms with Gasteiger partial charge in [0.2, 0.25) is 5.95 Å². The number of nitrogens with zero attached hydrogens (tertiary/aromatic N) is 7. The van der Waals surface area contributed by atoms with Crippen molar-refractivity contribution in [2.75, 3.05) is 56.6 Å². The highest BCUT2D eigenvalue weighted by Gasteiger charge is 2.18. The van der Waals surface area contributed by atoms with Crippen LogP contribution in [0.2, 0.25) is 0 Å². The second-order valence-electron chi connectivity index (χ2n) is 6.47. The number of piperazine rings is 1. The van der Waals surface area contributed by atoms with Gasteiger partial charge in [-0.25, -0.2) is 9.67 Å². The van der Waals surface area contributed by atoms with Crippen LogP contribution in [0.4, 0.5) is 11.8 Å². The van der Waals surface area contributed by atoms with Gasteiger partial charge in [-0.15, -0.1) is 0 Å². The molecule has 25 heavy (non-hydrogen) atoms. The van der Waals surface area contributed by atoms with E-state index in [4.69, 9.17) is 0 Å². The van der Waals surface area contributed by atoms with E-state index in [0.29, 0.717) is 6.54 Å². The first kappa shape index (κ1) is 17.3. The Labute approximate surface area is 147 Å². The molecule has 134 valence electrons. The Bertz CT molecular complexity index is 766. The zero-order valence-corrected chi connectivity index (χ0v) is 15.1. The molecule has 0 aromatic carbocycles. The van der Waals surface area contributed by atoms with Crippen LogP contribution in [0, 0.1) is 6.92 Å². The summed E-state index contributed by atoms with van der Waals surface area (Å²) in [6.07, 6.45) is 1.81. The first-order valence-electron chi connectivity index (χ1n) is 8.55. The summed E-state index contributed by atoms with van der Waals surface area (Å²) in [6.45, 7) is 7.08. The summed E-state index contributed by atoms with van der Waals surface area (Å²) in [7, 11) is 3.89. The van der Waals surface area contributed by atoms with Crippen molar-refractivity contribution in [2.45, 2.75) is 13.5 Å². The quantitative estimate of drug-likeness (QED) is 0.770. The Balaban J connectivity index is 1.54. The van der Waals surface area contributed by atoms with E-state index in [1.807, 2.05) is 32.0 Å². The van der Waals surface area contributed by atoms with Crippen LogP contribution in [0.3, 0.4) is 0 Å². The van der Waals surface area contributed by atoms with Crippen LogP contribution in [0.1, 0.15) is 5.69 Å². The lowest BCUT2D eigenvalue weighted by atomic mass is 10.3. The van der Waals surface area contributed by atoms with E-state index in [9.17, 15) is 4.79 Å². The standard InChI is InChI=1S/C17H25N7O/c1-14-4-5-16(25)24(20-14)13-10-22-8-11-23(12-9-22)15-6-7-18-17(19-15)21(2)3/h4-7H,8-13H2,1-3H3. The molecule has 2 aromatic rings. The number of hydrogen-bond donors (Lipinski definition) is 0. The molecule has 0 amide bonds. The van der Waals surface area contributed by atoms with Crippen LogP contribution < -0.4 is 15.4 Å². The summed E-state index contributed by atoms with van der Waals surface area (Å²) in [5, 5.41) is 4.29. The van der Waals surface area contributed by atoms with Gasteiger partial charge >= 0.3 is 0 Å². The molecule has 2 aromatic heterocycles. The molecule has 0 N–H and O–H groups in total. The minimum Gasteiger partial charge on any atom is -0.354 e. The third-order valence-electron chi connectivity index (χ3n) is 4.35. The fraction of sp³-hybridized carbons (Fsp3) is 0.529. The SMILES string of the molecule is Cc1ccc(=O)n(CCN2CCN(c3ccnc(N(C)C)n3)CC2)n1. The van der Waals surface area contributed by atoms with E-state index in [1.165, 1.54) is 0 Å². The highest BCUT2D eigenvalue weighted by Crippen LogP contribution is 2.15. The molecule has 8 nitrogen and oxygen atoms in total. The third-order valence-corrected chi connectivity index (χ3v) is 4.35. The van der Waals surface area contributed by atoms with E-state index in [1.54, 1.807) is 23.0 Å². The first-order valence-corrected chi connectivity index (χ1v) is 8.55. The van der Waals surface area contributed by atoms with Gasteiger partial charge in [0.05, 0.1) is 12.2 Å². The van der Waals surface area contributed by atoms with Gasteiger partial charge in [0.1, 0.15) is 5.82 Å². The van der Waals surface area contributed by atoms with Gasteiger partial charge < -0.3 is 9.80 Å². The second kappa shape index (κ2) is 7.60. The van der Waals surface area contributed by atoms with Gasteiger partial charge in [-0.2, -0.15) is 10.1 Å². The lowest BCUT2D eigenvalue weighted by Crippen LogP contribution is -2.48. The number of aryl methyl sites for hydroxylation is 1. The highest BCUT2D eigenvalue weighted by molar-refractivity contribution is 5.43. The zero-order chi connectivity index (χ0) is 17.8. The van der Waals surface area contributed by atoms with Crippen LogP contribution in [0.25, 0.3) is 0 Å². The molecule has 1 aliphatic rings. The van der Waals surface area contributed by atoms with Crippen molar-refractivity contribution in [1.82, 2.24) is 24.6 Å². The molecule has 0 bridgehead atoms. The van der Waals surface area contributed by atoms with E-state index >= 15 is 0 Å². The molecule has 1 saturated heterocycles. The van der Waals surface area contributed by atoms with Crippen molar-refractivity contribution in [2.24, 2.45) is 0 Å². The van der Waals surface area contributed by atoms with Crippen LogP contribution in [0.5, 0.6) is 0 Å². The van der Waals surface area contributed by atoms with Gasteiger partial charge in [-0.1, -0.05) is 0 Å². The van der Waals surface area contributed by atoms with E-state index < -0.39 is 0 Å². The van der Waals surface area contributed by atoms with Crippen LogP contribution in [-0.4, -0.2) is 71.5 Å². The molecular weight excluding hydrogens is 318 g/mol. The molecule has 0 saturated carbocycles. The smallest absolute Gasteiger partial charge is 0.266 e. The Morgan fingerprint density at radius 3 is 2.56 bits per heavy atom. The van der Waals surface area contributed by atoms with Crippen LogP contribution >= 0.6 is 0 Å². The summed E-state index contributed by atoms with van der Waals surface area (Å²) in [5.41, 5.74) is 0.825. The molecule has 1 aliphatic heterocycles. The highest BCUT2D eigenvalue weighted by atomic mass is 16.1. The maximum Gasteiger partial charge on any atom is 0.266 e. The maximum absolute atomic E-state index is 11.8. The van der Waals surface area contributed by atoms with Gasteiger partial charge in [0.15, 0.2) is 0 Å². The summed E-state index contributed by atoms with van der Waals surface area (Å²) in [6, 6.07) is 5.29. The third kappa shape index (κ3) is 4.33. The minimum absolute atomic E-state index is 0.0403. The molecular formula is C17H25N7O. The second-order valence-corrected chi connectivity index (χ2v) is 6.47. The zero-order valence-electron chi connectivity index (χ0n) is 15.1. The molecule has 0 spiro atoms. The van der Waals surface area contributed by atoms with Crippen molar-refractivity contribution >= 4 is 11.8 Å². The van der Waals surface area contributed by atoms with Crippen LogP contribution in [0.15, 0.2) is 29.2 Å². The van der Waals surface area contributed by atoms with Crippen molar-refractivity contribution in [3.8, 4) is 0 Å². The number of hydrogen-bond acceptors (Lipinski definition) is 7. The van der Waals surface area contributed by atoms with Crippen molar-refractivity contribution < 1.29 is 0 Å². The molecule has 3 heterocycles. The Hall–Kier alpha value is -2.48. The Morgan fingerprint density at radius 2 is 1.84 bits per heavy atom. The molecule has 0 atom stereocenters. The lowest BCUT2D eigenvalue weighted by Gasteiger charge is -2.35. The van der Waals surface area contributed by atoms with Crippen molar-refractivity contribution in [3.63, 3.8) is 0 Å². The molecule has 0 unspecified atom stereocenters. The molecule has 3 rings (SSSR count). The first-order chi connectivity index (χ1) is 12.0. The maximum atomic E-state index is 11.8. The Kier molecular flexibility index (Phi) is 5.28. The molecule has 1 fully saturated rings. The van der Waals surface area contributed by atoms with Gasteiger partial charge in [0, 0.05) is 59.1 Å². The summed E-state index contributed by atoms with van der Waals surface area (Å²) in [5.74, 6) is 1.69. The molecule has 8 heteroatoms. The lowest BCUT2D eigenvalue weighted by molar-refractivity contribution is 0.242. The number of aromatic nitrogens is 4. The average molecular weight is 343 g/mol. The predicted octanol–water partition coefficient (Wildman–Crippen LogP) is 0.230. The number of rotatable bonds is 5. The predicted molar refractivity (Wildman–Crippen MR) is 98.2 cm³/mol. The fourth-order valence-electron chi connectivity index (χ4n) is 2.88. The van der Waals surface area contributed by atoms with Gasteiger partial charge in [-0.05, 0) is 19.1 Å².